The van der Waals surface area contributed by atoms with Gasteiger partial charge in [-0.2, -0.15) is 11.8 Å². The molecule has 0 radical (unpaired) electrons. The summed E-state index contributed by atoms with van der Waals surface area (Å²) in [6, 6.07) is 0.658. The monoisotopic (exact) mass is 301 g/mol. The van der Waals surface area contributed by atoms with E-state index in [1.807, 2.05) is 0 Å². The molecule has 1 saturated carbocycles. The van der Waals surface area contributed by atoms with Gasteiger partial charge in [0.2, 0.25) is 0 Å². The average Bonchev–Trinajstić information content (AvgIpc) is 2.46. The van der Waals surface area contributed by atoms with Gasteiger partial charge in [0.05, 0.1) is 0 Å². The minimum atomic E-state index is 0.323. The molecule has 1 aliphatic carbocycles. The van der Waals surface area contributed by atoms with Gasteiger partial charge in [0, 0.05) is 17.9 Å². The zero-order valence-corrected chi connectivity index (χ0v) is 14.4. The summed E-state index contributed by atoms with van der Waals surface area (Å²) in [4.78, 5) is 0. The minimum absolute atomic E-state index is 0.323. The normalized spacial score (nSPS) is 28.4. The number of hydrogen-bond acceptors (Lipinski definition) is 3. The molecular formula is C17H35NOS. The predicted octanol–water partition coefficient (Wildman–Crippen LogP) is 4.22. The van der Waals surface area contributed by atoms with Crippen LogP contribution in [0.25, 0.3) is 0 Å². The van der Waals surface area contributed by atoms with E-state index in [4.69, 9.17) is 0 Å². The standard InChI is InChI=1S/C17H35NOS/c1-15(13-19)14-20-17-12-10-8-6-4-3-5-7-9-11-16(17)18-2/h15-19H,3-14H2,1-2H3. The predicted molar refractivity (Wildman–Crippen MR) is 91.5 cm³/mol. The van der Waals surface area contributed by atoms with Crippen molar-refractivity contribution in [1.29, 1.82) is 0 Å². The van der Waals surface area contributed by atoms with Gasteiger partial charge in [-0.3, -0.25) is 0 Å². The fourth-order valence-corrected chi connectivity index (χ4v) is 4.55. The Hall–Kier alpha value is 0.270. The molecule has 2 nitrogen and oxygen atoms in total. The van der Waals surface area contributed by atoms with E-state index in [-0.39, 0.29) is 0 Å². The molecule has 1 fully saturated rings. The Balaban J connectivity index is 2.46. The Morgan fingerprint density at radius 2 is 1.55 bits per heavy atom. The molecule has 3 heteroatoms. The van der Waals surface area contributed by atoms with Gasteiger partial charge in [0.1, 0.15) is 0 Å². The van der Waals surface area contributed by atoms with Crippen LogP contribution in [0.2, 0.25) is 0 Å². The van der Waals surface area contributed by atoms with Gasteiger partial charge in [0.25, 0.3) is 0 Å². The molecular weight excluding hydrogens is 266 g/mol. The molecule has 1 aliphatic rings. The number of rotatable bonds is 5. The summed E-state index contributed by atoms with van der Waals surface area (Å²) < 4.78 is 0. The highest BCUT2D eigenvalue weighted by atomic mass is 32.2. The lowest BCUT2D eigenvalue weighted by molar-refractivity contribution is 0.250. The van der Waals surface area contributed by atoms with E-state index in [1.54, 1.807) is 0 Å². The Bertz CT molecular complexity index is 225. The summed E-state index contributed by atoms with van der Waals surface area (Å²) in [5.41, 5.74) is 0. The first-order chi connectivity index (χ1) is 9.77. The molecule has 0 heterocycles. The average molecular weight is 302 g/mol. The van der Waals surface area contributed by atoms with Gasteiger partial charge >= 0.3 is 0 Å². The van der Waals surface area contributed by atoms with Crippen LogP contribution in [0.3, 0.4) is 0 Å². The SMILES string of the molecule is CNC1CCCCCCCCCCC1SCC(C)CO. The smallest absolute Gasteiger partial charge is 0.0464 e. The van der Waals surface area contributed by atoms with Gasteiger partial charge in [-0.05, 0) is 31.6 Å². The molecule has 0 aromatic rings. The summed E-state index contributed by atoms with van der Waals surface area (Å²) in [5, 5.41) is 13.5. The molecule has 1 rings (SSSR count). The molecule has 0 aromatic heterocycles. The fourth-order valence-electron chi connectivity index (χ4n) is 3.03. The second kappa shape index (κ2) is 11.9. The lowest BCUT2D eigenvalue weighted by Gasteiger charge is -2.28. The molecule has 120 valence electrons. The summed E-state index contributed by atoms with van der Waals surface area (Å²) in [6.45, 7) is 2.47. The van der Waals surface area contributed by atoms with Crippen molar-refractivity contribution in [2.45, 2.75) is 82.4 Å². The van der Waals surface area contributed by atoms with Crippen LogP contribution in [-0.4, -0.2) is 35.8 Å². The Morgan fingerprint density at radius 1 is 1.00 bits per heavy atom. The van der Waals surface area contributed by atoms with E-state index < -0.39 is 0 Å². The van der Waals surface area contributed by atoms with Crippen LogP contribution in [0.1, 0.15) is 71.1 Å². The largest absolute Gasteiger partial charge is 0.396 e. The van der Waals surface area contributed by atoms with Crippen LogP contribution in [0, 0.1) is 5.92 Å². The molecule has 2 N–H and O–H groups in total. The van der Waals surface area contributed by atoms with Gasteiger partial charge in [-0.25, -0.2) is 0 Å². The number of aliphatic hydroxyl groups is 1. The maximum Gasteiger partial charge on any atom is 0.0464 e. The molecule has 0 bridgehead atoms. The second-order valence-corrected chi connectivity index (χ2v) is 7.73. The van der Waals surface area contributed by atoms with Gasteiger partial charge in [-0.1, -0.05) is 58.3 Å². The van der Waals surface area contributed by atoms with Crippen LogP contribution >= 0.6 is 11.8 Å². The van der Waals surface area contributed by atoms with Crippen molar-refractivity contribution >= 4 is 11.8 Å². The minimum Gasteiger partial charge on any atom is -0.396 e. The summed E-state index contributed by atoms with van der Waals surface area (Å²) in [6.07, 6.45) is 14.0. The molecule has 0 amide bonds. The van der Waals surface area contributed by atoms with Crippen molar-refractivity contribution in [1.82, 2.24) is 5.32 Å². The molecule has 20 heavy (non-hydrogen) atoms. The summed E-state index contributed by atoms with van der Waals surface area (Å²) in [7, 11) is 2.12. The zero-order chi connectivity index (χ0) is 14.6. The lowest BCUT2D eigenvalue weighted by atomic mass is 9.97. The lowest BCUT2D eigenvalue weighted by Crippen LogP contribution is -2.36. The van der Waals surface area contributed by atoms with Crippen molar-refractivity contribution in [3.05, 3.63) is 0 Å². The molecule has 3 unspecified atom stereocenters. The van der Waals surface area contributed by atoms with Crippen molar-refractivity contribution in [2.75, 3.05) is 19.4 Å². The number of hydrogen-bond donors (Lipinski definition) is 2. The van der Waals surface area contributed by atoms with Crippen LogP contribution in [0.15, 0.2) is 0 Å². The number of thioether (sulfide) groups is 1. The van der Waals surface area contributed by atoms with Crippen molar-refractivity contribution in [3.63, 3.8) is 0 Å². The Labute approximate surface area is 130 Å². The highest BCUT2D eigenvalue weighted by Crippen LogP contribution is 2.27. The van der Waals surface area contributed by atoms with Crippen LogP contribution in [0.5, 0.6) is 0 Å². The maximum absolute atomic E-state index is 9.21. The highest BCUT2D eigenvalue weighted by Gasteiger charge is 2.21. The Kier molecular flexibility index (Phi) is 10.9. The molecule has 0 aromatic carbocycles. The van der Waals surface area contributed by atoms with E-state index in [0.29, 0.717) is 18.6 Å². The van der Waals surface area contributed by atoms with E-state index in [2.05, 4.69) is 31.1 Å². The van der Waals surface area contributed by atoms with Crippen LogP contribution in [0.4, 0.5) is 0 Å². The van der Waals surface area contributed by atoms with Crippen molar-refractivity contribution in [2.24, 2.45) is 5.92 Å². The first-order valence-electron chi connectivity index (χ1n) is 8.67. The first-order valence-corrected chi connectivity index (χ1v) is 9.72. The third-order valence-corrected chi connectivity index (χ3v) is 6.23. The summed E-state index contributed by atoms with van der Waals surface area (Å²) >= 11 is 2.09. The van der Waals surface area contributed by atoms with Crippen molar-refractivity contribution in [3.8, 4) is 0 Å². The van der Waals surface area contributed by atoms with Crippen molar-refractivity contribution < 1.29 is 5.11 Å². The topological polar surface area (TPSA) is 32.3 Å². The van der Waals surface area contributed by atoms with Crippen LogP contribution < -0.4 is 5.32 Å². The summed E-state index contributed by atoms with van der Waals surface area (Å²) in [5.74, 6) is 1.53. The second-order valence-electron chi connectivity index (χ2n) is 6.46. The third-order valence-electron chi connectivity index (χ3n) is 4.48. The van der Waals surface area contributed by atoms with Gasteiger partial charge in [-0.15, -0.1) is 0 Å². The molecule has 0 spiro atoms. The molecule has 0 aliphatic heterocycles. The first kappa shape index (κ1) is 18.3. The zero-order valence-electron chi connectivity index (χ0n) is 13.6. The Morgan fingerprint density at radius 3 is 2.10 bits per heavy atom. The molecule has 3 atom stereocenters. The van der Waals surface area contributed by atoms with Gasteiger partial charge in [0.15, 0.2) is 0 Å². The van der Waals surface area contributed by atoms with E-state index in [1.165, 1.54) is 64.2 Å². The van der Waals surface area contributed by atoms with E-state index >= 15 is 0 Å². The van der Waals surface area contributed by atoms with E-state index in [0.717, 1.165) is 11.0 Å². The quantitative estimate of drug-likeness (QED) is 0.797. The van der Waals surface area contributed by atoms with Gasteiger partial charge < -0.3 is 10.4 Å². The van der Waals surface area contributed by atoms with E-state index in [9.17, 15) is 5.11 Å². The third kappa shape index (κ3) is 7.90. The van der Waals surface area contributed by atoms with Crippen LogP contribution in [-0.2, 0) is 0 Å². The number of aliphatic hydroxyl groups excluding tert-OH is 1. The number of nitrogens with one attached hydrogen (secondary N) is 1. The highest BCUT2D eigenvalue weighted by molar-refractivity contribution is 7.99. The molecule has 0 saturated heterocycles. The maximum atomic E-state index is 9.21. The fraction of sp³-hybridized carbons (Fsp3) is 1.00.